The number of aliphatic hydroxyl groups is 1. The van der Waals surface area contributed by atoms with Gasteiger partial charge in [0.05, 0.1) is 29.3 Å². The van der Waals surface area contributed by atoms with E-state index >= 15 is 0 Å². The van der Waals surface area contributed by atoms with Crippen LogP contribution in [-0.2, 0) is 9.59 Å². The highest BCUT2D eigenvalue weighted by atomic mass is 35.5. The number of methoxy groups -OCH3 is 1. The summed E-state index contributed by atoms with van der Waals surface area (Å²) < 4.78 is 5.31. The quantitative estimate of drug-likeness (QED) is 0.251. The molecular weight excluding hydrogens is 441 g/mol. The van der Waals surface area contributed by atoms with Crippen molar-refractivity contribution >= 4 is 40.7 Å². The molecular formula is C23H23Cl2NO5. The molecule has 1 fully saturated rings. The molecule has 1 saturated heterocycles. The number of ether oxygens (including phenoxy) is 1. The summed E-state index contributed by atoms with van der Waals surface area (Å²) in [6.07, 6.45) is 2.53. The topological polar surface area (TPSA) is 87.1 Å². The van der Waals surface area contributed by atoms with E-state index in [0.29, 0.717) is 18.5 Å². The molecule has 3 rings (SSSR count). The average Bonchev–Trinajstić information content (AvgIpc) is 2.98. The van der Waals surface area contributed by atoms with Crippen molar-refractivity contribution in [3.8, 4) is 11.5 Å². The van der Waals surface area contributed by atoms with Gasteiger partial charge in [-0.05, 0) is 36.2 Å². The number of phenols is 1. The van der Waals surface area contributed by atoms with Crippen LogP contribution >= 0.6 is 23.2 Å². The first-order valence-corrected chi connectivity index (χ1v) is 10.7. The summed E-state index contributed by atoms with van der Waals surface area (Å²) in [5.41, 5.74) is 0.504. The maximum absolute atomic E-state index is 13.0. The number of aliphatic hydroxyl groups excluding tert-OH is 1. The smallest absolute Gasteiger partial charge is 0.295 e. The Labute approximate surface area is 190 Å². The number of phenolic OH excluding ortho intramolecular Hbond substituents is 1. The predicted molar refractivity (Wildman–Crippen MR) is 120 cm³/mol. The van der Waals surface area contributed by atoms with E-state index < -0.39 is 23.5 Å². The number of unbranched alkanes of at least 4 members (excludes halogenated alkanes) is 2. The van der Waals surface area contributed by atoms with E-state index in [1.54, 1.807) is 12.1 Å². The van der Waals surface area contributed by atoms with Crippen molar-refractivity contribution in [2.24, 2.45) is 0 Å². The van der Waals surface area contributed by atoms with Gasteiger partial charge in [-0.15, -0.1) is 0 Å². The number of benzene rings is 2. The van der Waals surface area contributed by atoms with E-state index in [4.69, 9.17) is 27.9 Å². The molecule has 0 radical (unpaired) electrons. The van der Waals surface area contributed by atoms with Gasteiger partial charge in [0, 0.05) is 11.6 Å². The van der Waals surface area contributed by atoms with Crippen molar-refractivity contribution < 1.29 is 24.5 Å². The second kappa shape index (κ2) is 9.62. The third kappa shape index (κ3) is 4.50. The Morgan fingerprint density at radius 1 is 1.16 bits per heavy atom. The molecule has 2 N–H and O–H groups in total. The molecule has 6 nitrogen and oxygen atoms in total. The molecule has 8 heteroatoms. The average molecular weight is 464 g/mol. The number of rotatable bonds is 7. The molecule has 1 atom stereocenters. The molecule has 1 aliphatic rings. The minimum atomic E-state index is -0.869. The molecule has 2 aromatic rings. The summed E-state index contributed by atoms with van der Waals surface area (Å²) in [6, 6.07) is 8.28. The zero-order valence-electron chi connectivity index (χ0n) is 17.2. The fourth-order valence-electron chi connectivity index (χ4n) is 3.77. The van der Waals surface area contributed by atoms with Crippen molar-refractivity contribution in [1.29, 1.82) is 0 Å². The first-order valence-electron chi connectivity index (χ1n) is 9.90. The van der Waals surface area contributed by atoms with Crippen LogP contribution in [0.4, 0.5) is 0 Å². The fourth-order valence-corrected chi connectivity index (χ4v) is 4.34. The third-order valence-electron chi connectivity index (χ3n) is 5.20. The van der Waals surface area contributed by atoms with Crippen LogP contribution in [0, 0.1) is 0 Å². The Morgan fingerprint density at radius 2 is 1.90 bits per heavy atom. The third-order valence-corrected chi connectivity index (χ3v) is 5.70. The minimum absolute atomic E-state index is 0.0139. The molecule has 0 aliphatic carbocycles. The second-order valence-electron chi connectivity index (χ2n) is 7.26. The molecule has 0 aromatic heterocycles. The van der Waals surface area contributed by atoms with Crippen molar-refractivity contribution in [2.45, 2.75) is 32.2 Å². The van der Waals surface area contributed by atoms with Crippen LogP contribution in [0.3, 0.4) is 0 Å². The van der Waals surface area contributed by atoms with E-state index in [0.717, 1.165) is 12.8 Å². The molecule has 0 bridgehead atoms. The van der Waals surface area contributed by atoms with Crippen molar-refractivity contribution in [2.75, 3.05) is 13.7 Å². The highest BCUT2D eigenvalue weighted by Gasteiger charge is 2.46. The Morgan fingerprint density at radius 3 is 2.55 bits per heavy atom. The zero-order chi connectivity index (χ0) is 22.7. The highest BCUT2D eigenvalue weighted by Crippen LogP contribution is 2.43. The second-order valence-corrected chi connectivity index (χ2v) is 8.11. The van der Waals surface area contributed by atoms with Crippen LogP contribution in [0.25, 0.3) is 5.76 Å². The van der Waals surface area contributed by atoms with E-state index in [1.165, 1.54) is 36.3 Å². The minimum Gasteiger partial charge on any atom is -0.508 e. The maximum atomic E-state index is 13.0. The van der Waals surface area contributed by atoms with Gasteiger partial charge in [-0.1, -0.05) is 55.1 Å². The molecule has 31 heavy (non-hydrogen) atoms. The van der Waals surface area contributed by atoms with Gasteiger partial charge in [0.2, 0.25) is 0 Å². The Bertz CT molecular complexity index is 1050. The molecule has 164 valence electrons. The van der Waals surface area contributed by atoms with Gasteiger partial charge in [-0.3, -0.25) is 9.59 Å². The molecule has 2 aromatic carbocycles. The summed E-state index contributed by atoms with van der Waals surface area (Å²) >= 11 is 12.3. The normalized spacial score (nSPS) is 17.9. The molecule has 1 aliphatic heterocycles. The summed E-state index contributed by atoms with van der Waals surface area (Å²) in [5.74, 6) is -1.85. The van der Waals surface area contributed by atoms with Crippen LogP contribution in [0.2, 0.25) is 10.0 Å². The van der Waals surface area contributed by atoms with Crippen LogP contribution in [0.15, 0.2) is 42.0 Å². The van der Waals surface area contributed by atoms with Gasteiger partial charge in [-0.25, -0.2) is 0 Å². The lowest BCUT2D eigenvalue weighted by Crippen LogP contribution is -2.30. The van der Waals surface area contributed by atoms with Crippen molar-refractivity contribution in [3.63, 3.8) is 0 Å². The molecule has 0 saturated carbocycles. The fraction of sp³-hybridized carbons (Fsp3) is 0.304. The van der Waals surface area contributed by atoms with Crippen molar-refractivity contribution in [3.05, 3.63) is 63.1 Å². The van der Waals surface area contributed by atoms with Gasteiger partial charge >= 0.3 is 0 Å². The maximum Gasteiger partial charge on any atom is 0.295 e. The van der Waals surface area contributed by atoms with Crippen LogP contribution in [-0.4, -0.2) is 40.5 Å². The van der Waals surface area contributed by atoms with Gasteiger partial charge in [0.25, 0.3) is 11.7 Å². The lowest BCUT2D eigenvalue weighted by Gasteiger charge is -2.25. The first kappa shape index (κ1) is 23.0. The first-order chi connectivity index (χ1) is 14.8. The highest BCUT2D eigenvalue weighted by molar-refractivity contribution is 6.46. The number of carbonyl (C=O) groups is 2. The number of hydrogen-bond donors (Lipinski definition) is 2. The van der Waals surface area contributed by atoms with Gasteiger partial charge in [0.15, 0.2) is 0 Å². The van der Waals surface area contributed by atoms with Gasteiger partial charge in [0.1, 0.15) is 17.3 Å². The number of ketones is 1. The van der Waals surface area contributed by atoms with E-state index in [-0.39, 0.29) is 32.7 Å². The number of amides is 1. The number of hydrogen-bond acceptors (Lipinski definition) is 5. The van der Waals surface area contributed by atoms with Crippen LogP contribution in [0.5, 0.6) is 11.5 Å². The Kier molecular flexibility index (Phi) is 7.13. The van der Waals surface area contributed by atoms with Gasteiger partial charge < -0.3 is 19.8 Å². The summed E-state index contributed by atoms with van der Waals surface area (Å²) in [6.45, 7) is 2.37. The Hall–Kier alpha value is -2.70. The molecule has 1 amide bonds. The predicted octanol–water partition coefficient (Wildman–Crippen LogP) is 5.32. The standard InChI is InChI=1S/C23H23Cl2NO5/c1-3-4-5-9-26-19(13-7-6-8-15(27)10-13)18(21(29)23(26)30)20(28)16-11-14(24)12-17(25)22(16)31-2/h6-8,10-12,19,27-28H,3-5,9H2,1-2H3/b20-18+. The molecule has 1 heterocycles. The number of aromatic hydroxyl groups is 1. The summed E-state index contributed by atoms with van der Waals surface area (Å²) in [7, 11) is 1.38. The number of nitrogens with zero attached hydrogens (tertiary/aromatic N) is 1. The largest absolute Gasteiger partial charge is 0.508 e. The zero-order valence-corrected chi connectivity index (χ0v) is 18.7. The van der Waals surface area contributed by atoms with Crippen LogP contribution in [0.1, 0.15) is 43.4 Å². The molecule has 0 spiro atoms. The number of carbonyl (C=O) groups excluding carboxylic acids is 2. The SMILES string of the molecule is CCCCCN1C(=O)C(=O)/C(=C(/O)c2cc(Cl)cc(Cl)c2OC)C1c1cccc(O)c1. The summed E-state index contributed by atoms with van der Waals surface area (Å²) in [4.78, 5) is 27.3. The molecule has 1 unspecified atom stereocenters. The van der Waals surface area contributed by atoms with Crippen LogP contribution < -0.4 is 4.74 Å². The number of Topliss-reactive ketones (excluding diaryl/α,β-unsaturated/α-hetero) is 1. The van der Waals surface area contributed by atoms with E-state index in [2.05, 4.69) is 0 Å². The summed E-state index contributed by atoms with van der Waals surface area (Å²) in [5, 5.41) is 21.6. The number of likely N-dealkylation sites (tertiary alicyclic amines) is 1. The lowest BCUT2D eigenvalue weighted by molar-refractivity contribution is -0.139. The van der Waals surface area contributed by atoms with Gasteiger partial charge in [-0.2, -0.15) is 0 Å². The van der Waals surface area contributed by atoms with Crippen molar-refractivity contribution in [1.82, 2.24) is 4.90 Å². The Balaban J connectivity index is 2.23. The monoisotopic (exact) mass is 463 g/mol. The van der Waals surface area contributed by atoms with E-state index in [9.17, 15) is 19.8 Å². The lowest BCUT2D eigenvalue weighted by atomic mass is 9.94. The van der Waals surface area contributed by atoms with E-state index in [1.807, 2.05) is 6.92 Å². The number of halogens is 2.